The summed E-state index contributed by atoms with van der Waals surface area (Å²) in [6, 6.07) is 14.2. The molecule has 0 aliphatic carbocycles. The third kappa shape index (κ3) is 3.81. The number of aromatic nitrogens is 2. The van der Waals surface area contributed by atoms with Crippen molar-refractivity contribution in [2.24, 2.45) is 0 Å². The third-order valence-corrected chi connectivity index (χ3v) is 4.94. The van der Waals surface area contributed by atoms with Crippen LogP contribution in [0.1, 0.15) is 0 Å². The van der Waals surface area contributed by atoms with Gasteiger partial charge in [-0.1, -0.05) is 35.5 Å². The molecule has 2 amide bonds. The molecular weight excluding hydrogens is 388 g/mol. The van der Waals surface area contributed by atoms with Gasteiger partial charge in [0.1, 0.15) is 6.54 Å². The molecule has 1 aliphatic rings. The van der Waals surface area contributed by atoms with Crippen molar-refractivity contribution in [2.45, 2.75) is 5.22 Å². The quantitative estimate of drug-likeness (QED) is 0.674. The maximum atomic E-state index is 12.6. The van der Waals surface area contributed by atoms with E-state index in [0.717, 1.165) is 17.3 Å². The lowest BCUT2D eigenvalue weighted by molar-refractivity contribution is -0.120. The van der Waals surface area contributed by atoms with Crippen LogP contribution >= 0.6 is 23.4 Å². The molecule has 0 radical (unpaired) electrons. The summed E-state index contributed by atoms with van der Waals surface area (Å²) in [5.74, 6) is -0.0168. The van der Waals surface area contributed by atoms with E-state index in [1.165, 1.54) is 4.90 Å². The molecule has 2 aromatic carbocycles. The van der Waals surface area contributed by atoms with E-state index in [2.05, 4.69) is 15.5 Å². The summed E-state index contributed by atoms with van der Waals surface area (Å²) in [4.78, 5) is 25.9. The minimum absolute atomic E-state index is 0.0176. The second-order valence-corrected chi connectivity index (χ2v) is 7.08. The Morgan fingerprint density at radius 2 is 1.96 bits per heavy atom. The van der Waals surface area contributed by atoms with E-state index >= 15 is 0 Å². The number of para-hydroxylation sites is 2. The van der Waals surface area contributed by atoms with Gasteiger partial charge in [-0.2, -0.15) is 0 Å². The average molecular weight is 401 g/mol. The van der Waals surface area contributed by atoms with Crippen molar-refractivity contribution in [1.29, 1.82) is 0 Å². The number of fused-ring (bicyclic) bond motifs is 1. The second-order valence-electron chi connectivity index (χ2n) is 5.71. The van der Waals surface area contributed by atoms with Crippen molar-refractivity contribution in [3.05, 3.63) is 53.6 Å². The van der Waals surface area contributed by atoms with Gasteiger partial charge >= 0.3 is 0 Å². The molecule has 0 saturated heterocycles. The second kappa shape index (κ2) is 7.42. The van der Waals surface area contributed by atoms with Crippen LogP contribution in [0.5, 0.6) is 0 Å². The minimum Gasteiger partial charge on any atom is -0.411 e. The van der Waals surface area contributed by atoms with Gasteiger partial charge in [0, 0.05) is 10.6 Å². The first-order chi connectivity index (χ1) is 13.1. The van der Waals surface area contributed by atoms with Crippen LogP contribution in [0.4, 0.5) is 11.4 Å². The van der Waals surface area contributed by atoms with Crippen LogP contribution in [0, 0.1) is 0 Å². The fourth-order valence-corrected chi connectivity index (χ4v) is 3.40. The summed E-state index contributed by atoms with van der Waals surface area (Å²) in [5, 5.41) is 11.6. The molecule has 9 heteroatoms. The molecule has 0 unspecified atom stereocenters. The van der Waals surface area contributed by atoms with Crippen molar-refractivity contribution in [1.82, 2.24) is 10.2 Å². The molecule has 1 aliphatic heterocycles. The molecule has 2 heterocycles. The van der Waals surface area contributed by atoms with E-state index in [-0.39, 0.29) is 29.3 Å². The van der Waals surface area contributed by atoms with Crippen molar-refractivity contribution in [3.8, 4) is 11.5 Å². The molecule has 1 N–H and O–H groups in total. The first-order valence-electron chi connectivity index (χ1n) is 8.01. The molecule has 1 aromatic heterocycles. The molecule has 0 spiro atoms. The number of amides is 2. The van der Waals surface area contributed by atoms with Gasteiger partial charge in [-0.3, -0.25) is 9.59 Å². The number of nitrogens with one attached hydrogen (secondary N) is 1. The molecule has 0 saturated carbocycles. The Balaban J connectivity index is 1.44. The van der Waals surface area contributed by atoms with Gasteiger partial charge in [0.15, 0.2) is 0 Å². The van der Waals surface area contributed by atoms with Crippen LogP contribution in [0.15, 0.2) is 58.2 Å². The molecule has 3 aromatic rings. The number of thioether (sulfide) groups is 1. The molecule has 0 fully saturated rings. The lowest BCUT2D eigenvalue weighted by atomic mass is 10.2. The van der Waals surface area contributed by atoms with E-state index < -0.39 is 0 Å². The maximum Gasteiger partial charge on any atom is 0.277 e. The highest BCUT2D eigenvalue weighted by atomic mass is 35.5. The van der Waals surface area contributed by atoms with E-state index in [4.69, 9.17) is 16.0 Å². The van der Waals surface area contributed by atoms with Crippen LogP contribution in [0.25, 0.3) is 11.5 Å². The first kappa shape index (κ1) is 17.6. The smallest absolute Gasteiger partial charge is 0.277 e. The summed E-state index contributed by atoms with van der Waals surface area (Å²) in [6.07, 6.45) is 0. The Kier molecular flexibility index (Phi) is 4.83. The van der Waals surface area contributed by atoms with Crippen LogP contribution in [-0.2, 0) is 9.59 Å². The zero-order chi connectivity index (χ0) is 18.8. The largest absolute Gasteiger partial charge is 0.411 e. The molecule has 4 rings (SSSR count). The van der Waals surface area contributed by atoms with Crippen molar-refractivity contribution in [3.63, 3.8) is 0 Å². The number of hydrogen-bond acceptors (Lipinski definition) is 6. The predicted molar refractivity (Wildman–Crippen MR) is 103 cm³/mol. The van der Waals surface area contributed by atoms with Gasteiger partial charge < -0.3 is 14.6 Å². The summed E-state index contributed by atoms with van der Waals surface area (Å²) < 4.78 is 5.59. The van der Waals surface area contributed by atoms with E-state index in [1.54, 1.807) is 42.5 Å². The minimum atomic E-state index is -0.227. The van der Waals surface area contributed by atoms with Gasteiger partial charge in [0.05, 0.1) is 17.1 Å². The zero-order valence-corrected chi connectivity index (χ0v) is 15.5. The van der Waals surface area contributed by atoms with E-state index in [0.29, 0.717) is 22.3 Å². The molecule has 7 nitrogen and oxygen atoms in total. The molecule has 0 bridgehead atoms. The number of nitrogens with zero attached hydrogens (tertiary/aromatic N) is 3. The normalized spacial score (nSPS) is 13.2. The lowest BCUT2D eigenvalue weighted by Gasteiger charge is -2.28. The molecule has 27 heavy (non-hydrogen) atoms. The SMILES string of the molecule is O=C1CN(C(=O)CSc2nnc(-c3ccc(Cl)cc3)o2)c2ccccc2N1. The Labute approximate surface area is 163 Å². The highest BCUT2D eigenvalue weighted by Crippen LogP contribution is 2.30. The molecule has 0 atom stereocenters. The van der Waals surface area contributed by atoms with Gasteiger partial charge in [-0.05, 0) is 36.4 Å². The van der Waals surface area contributed by atoms with Crippen LogP contribution in [0.2, 0.25) is 5.02 Å². The molecule has 136 valence electrons. The maximum absolute atomic E-state index is 12.6. The number of carbonyl (C=O) groups excluding carboxylic acids is 2. The zero-order valence-electron chi connectivity index (χ0n) is 13.9. The van der Waals surface area contributed by atoms with Gasteiger partial charge in [0.25, 0.3) is 5.22 Å². The number of anilines is 2. The Bertz CT molecular complexity index is 1010. The number of halogens is 1. The summed E-state index contributed by atoms with van der Waals surface area (Å²) in [6.45, 7) is -0.0176. The van der Waals surface area contributed by atoms with Crippen LogP contribution in [0.3, 0.4) is 0 Å². The fraction of sp³-hybridized carbons (Fsp3) is 0.111. The van der Waals surface area contributed by atoms with Gasteiger partial charge in [-0.25, -0.2) is 0 Å². The number of rotatable bonds is 4. The lowest BCUT2D eigenvalue weighted by Crippen LogP contribution is -2.43. The van der Waals surface area contributed by atoms with E-state index in [1.807, 2.05) is 6.07 Å². The number of hydrogen-bond donors (Lipinski definition) is 1. The van der Waals surface area contributed by atoms with Crippen LogP contribution in [-0.4, -0.2) is 34.3 Å². The number of carbonyl (C=O) groups is 2. The van der Waals surface area contributed by atoms with Gasteiger partial charge in [0.2, 0.25) is 17.7 Å². The highest BCUT2D eigenvalue weighted by molar-refractivity contribution is 7.99. The average Bonchev–Trinajstić information content (AvgIpc) is 3.15. The van der Waals surface area contributed by atoms with Crippen molar-refractivity contribution < 1.29 is 14.0 Å². The fourth-order valence-electron chi connectivity index (χ4n) is 2.63. The first-order valence-corrected chi connectivity index (χ1v) is 9.38. The Morgan fingerprint density at radius 3 is 2.78 bits per heavy atom. The number of benzene rings is 2. The van der Waals surface area contributed by atoms with Crippen LogP contribution < -0.4 is 10.2 Å². The summed E-state index contributed by atoms with van der Waals surface area (Å²) >= 11 is 7.00. The third-order valence-electron chi connectivity index (χ3n) is 3.89. The monoisotopic (exact) mass is 400 g/mol. The van der Waals surface area contributed by atoms with Crippen molar-refractivity contribution in [2.75, 3.05) is 22.5 Å². The Hall–Kier alpha value is -2.84. The summed E-state index contributed by atoms with van der Waals surface area (Å²) in [5.41, 5.74) is 2.04. The summed E-state index contributed by atoms with van der Waals surface area (Å²) in [7, 11) is 0. The standard InChI is InChI=1S/C18H13ClN4O3S/c19-12-7-5-11(6-8-12)17-21-22-18(26-17)27-10-16(25)23-9-15(24)20-13-3-1-2-4-14(13)23/h1-8H,9-10H2,(H,20,24). The van der Waals surface area contributed by atoms with E-state index in [9.17, 15) is 9.59 Å². The highest BCUT2D eigenvalue weighted by Gasteiger charge is 2.26. The predicted octanol–water partition coefficient (Wildman–Crippen LogP) is 3.47. The van der Waals surface area contributed by atoms with Crippen molar-refractivity contribution >= 4 is 46.6 Å². The van der Waals surface area contributed by atoms with Gasteiger partial charge in [-0.15, -0.1) is 10.2 Å². The molecular formula is C18H13ClN4O3S. The topological polar surface area (TPSA) is 88.3 Å². The Morgan fingerprint density at radius 1 is 1.19 bits per heavy atom.